The van der Waals surface area contributed by atoms with Crippen molar-refractivity contribution in [3.05, 3.63) is 57.1 Å². The molecule has 0 fully saturated rings. The van der Waals surface area contributed by atoms with Crippen molar-refractivity contribution in [1.82, 2.24) is 0 Å². The van der Waals surface area contributed by atoms with Crippen LogP contribution >= 0.6 is 11.6 Å². The van der Waals surface area contributed by atoms with Crippen molar-refractivity contribution >= 4 is 44.6 Å². The smallest absolute Gasteiger partial charge is 0.274 e. The molecule has 9 nitrogen and oxygen atoms in total. The van der Waals surface area contributed by atoms with Crippen molar-refractivity contribution in [2.75, 3.05) is 23.0 Å². The van der Waals surface area contributed by atoms with Crippen LogP contribution in [-0.2, 0) is 14.8 Å². The van der Waals surface area contributed by atoms with E-state index < -0.39 is 26.9 Å². The van der Waals surface area contributed by atoms with Gasteiger partial charge in [-0.3, -0.25) is 19.2 Å². The normalized spacial score (nSPS) is 12.2. The highest BCUT2D eigenvalue weighted by Gasteiger charge is 2.30. The van der Waals surface area contributed by atoms with Crippen molar-refractivity contribution in [3.8, 4) is 5.75 Å². The lowest BCUT2D eigenvalue weighted by Gasteiger charge is -2.28. The number of rotatable bonds is 7. The molecule has 2 aromatic rings. The highest BCUT2D eigenvalue weighted by atomic mass is 35.5. The van der Waals surface area contributed by atoms with E-state index in [9.17, 15) is 23.3 Å². The molecule has 2 rings (SSSR count). The molecule has 0 bridgehead atoms. The molecular formula is C18H20ClN3O6S. The number of hydrogen-bond donors (Lipinski definition) is 1. The third-order valence-electron chi connectivity index (χ3n) is 4.24. The number of anilines is 2. The van der Waals surface area contributed by atoms with Gasteiger partial charge in [-0.2, -0.15) is 0 Å². The minimum absolute atomic E-state index is 0.155. The summed E-state index contributed by atoms with van der Waals surface area (Å²) >= 11 is 6.09. The number of carbonyl (C=O) groups is 1. The van der Waals surface area contributed by atoms with Gasteiger partial charge >= 0.3 is 0 Å². The van der Waals surface area contributed by atoms with Crippen LogP contribution in [0.15, 0.2) is 36.4 Å². The first-order chi connectivity index (χ1) is 13.5. The lowest BCUT2D eigenvalue weighted by atomic mass is 10.1. The van der Waals surface area contributed by atoms with Crippen LogP contribution in [0.1, 0.15) is 12.5 Å². The number of amides is 1. The van der Waals surface area contributed by atoms with Crippen molar-refractivity contribution < 1.29 is 22.9 Å². The van der Waals surface area contributed by atoms with Gasteiger partial charge in [-0.05, 0) is 38.1 Å². The van der Waals surface area contributed by atoms with Gasteiger partial charge in [0.15, 0.2) is 0 Å². The summed E-state index contributed by atoms with van der Waals surface area (Å²) in [6, 6.07) is 7.43. The van der Waals surface area contributed by atoms with E-state index in [2.05, 4.69) is 5.32 Å². The van der Waals surface area contributed by atoms with Crippen LogP contribution in [0.25, 0.3) is 0 Å². The maximum Gasteiger partial charge on any atom is 0.274 e. The molecule has 0 aromatic heterocycles. The number of nitro benzene ring substituents is 1. The predicted octanol–water partition coefficient (Wildman–Crippen LogP) is 3.36. The zero-order chi connectivity index (χ0) is 21.9. The average molecular weight is 442 g/mol. The Bertz CT molecular complexity index is 1060. The van der Waals surface area contributed by atoms with Gasteiger partial charge in [-0.25, -0.2) is 8.42 Å². The molecule has 0 heterocycles. The first kappa shape index (κ1) is 22.4. The Morgan fingerprint density at radius 1 is 1.31 bits per heavy atom. The number of nitrogens with zero attached hydrogens (tertiary/aromatic N) is 2. The van der Waals surface area contributed by atoms with Crippen molar-refractivity contribution in [3.63, 3.8) is 0 Å². The Morgan fingerprint density at radius 2 is 1.97 bits per heavy atom. The summed E-state index contributed by atoms with van der Waals surface area (Å²) in [6.07, 6.45) is 0.966. The molecule has 0 spiro atoms. The Morgan fingerprint density at radius 3 is 2.48 bits per heavy atom. The minimum atomic E-state index is -3.86. The number of ether oxygens (including phenoxy) is 1. The summed E-state index contributed by atoms with van der Waals surface area (Å²) in [4.78, 5) is 23.3. The predicted molar refractivity (Wildman–Crippen MR) is 111 cm³/mol. The Labute approximate surface area is 173 Å². The number of carbonyl (C=O) groups excluding carboxylic acids is 1. The zero-order valence-corrected chi connectivity index (χ0v) is 17.7. The quantitative estimate of drug-likeness (QED) is 0.519. The summed E-state index contributed by atoms with van der Waals surface area (Å²) < 4.78 is 30.8. The molecule has 29 heavy (non-hydrogen) atoms. The van der Waals surface area contributed by atoms with Gasteiger partial charge in [0.1, 0.15) is 11.8 Å². The van der Waals surface area contributed by atoms with Crippen LogP contribution in [0.3, 0.4) is 0 Å². The third kappa shape index (κ3) is 4.96. The van der Waals surface area contributed by atoms with E-state index >= 15 is 0 Å². The maximum atomic E-state index is 12.8. The molecule has 1 atom stereocenters. The molecule has 2 aromatic carbocycles. The molecule has 0 saturated carbocycles. The molecule has 1 N–H and O–H groups in total. The summed E-state index contributed by atoms with van der Waals surface area (Å²) in [5, 5.41) is 13.8. The van der Waals surface area contributed by atoms with Crippen LogP contribution < -0.4 is 14.4 Å². The average Bonchev–Trinajstić information content (AvgIpc) is 2.62. The molecule has 0 aliphatic heterocycles. The number of sulfonamides is 1. The number of benzene rings is 2. The topological polar surface area (TPSA) is 119 Å². The third-order valence-corrected chi connectivity index (χ3v) is 5.78. The lowest BCUT2D eigenvalue weighted by molar-refractivity contribution is -0.385. The number of halogens is 1. The molecule has 156 valence electrons. The van der Waals surface area contributed by atoms with Gasteiger partial charge in [-0.15, -0.1) is 0 Å². The molecule has 0 aliphatic carbocycles. The van der Waals surface area contributed by atoms with E-state index in [0.29, 0.717) is 5.75 Å². The Hall–Kier alpha value is -2.85. The summed E-state index contributed by atoms with van der Waals surface area (Å²) in [5.41, 5.74) is 0.503. The fourth-order valence-corrected chi connectivity index (χ4v) is 4.21. The number of methoxy groups -OCH3 is 1. The first-order valence-corrected chi connectivity index (χ1v) is 10.6. The second-order valence-corrected chi connectivity index (χ2v) is 8.52. The fourth-order valence-electron chi connectivity index (χ4n) is 2.80. The largest absolute Gasteiger partial charge is 0.495 e. The monoisotopic (exact) mass is 441 g/mol. The van der Waals surface area contributed by atoms with Gasteiger partial charge in [0.25, 0.3) is 5.69 Å². The highest BCUT2D eigenvalue weighted by Crippen LogP contribution is 2.32. The molecule has 0 saturated heterocycles. The number of nitro groups is 1. The zero-order valence-electron chi connectivity index (χ0n) is 16.2. The number of hydrogen-bond acceptors (Lipinski definition) is 6. The second kappa shape index (κ2) is 8.66. The summed E-state index contributed by atoms with van der Waals surface area (Å²) in [7, 11) is -2.43. The van der Waals surface area contributed by atoms with Crippen LogP contribution in [0.4, 0.5) is 17.1 Å². The van der Waals surface area contributed by atoms with E-state index in [4.69, 9.17) is 16.3 Å². The van der Waals surface area contributed by atoms with Crippen molar-refractivity contribution in [2.24, 2.45) is 0 Å². The van der Waals surface area contributed by atoms with Crippen LogP contribution in [0, 0.1) is 17.0 Å². The van der Waals surface area contributed by atoms with Gasteiger partial charge in [0.05, 0.1) is 40.2 Å². The summed E-state index contributed by atoms with van der Waals surface area (Å²) in [5.74, 6) is -0.306. The van der Waals surface area contributed by atoms with Gasteiger partial charge in [-0.1, -0.05) is 17.7 Å². The maximum absolute atomic E-state index is 12.8. The Balaban J connectivity index is 2.39. The number of nitrogens with one attached hydrogen (secondary N) is 1. The molecule has 1 amide bonds. The summed E-state index contributed by atoms with van der Waals surface area (Å²) in [6.45, 7) is 2.90. The van der Waals surface area contributed by atoms with E-state index in [0.717, 1.165) is 10.6 Å². The Kier molecular flexibility index (Phi) is 6.70. The van der Waals surface area contributed by atoms with E-state index in [1.807, 2.05) is 0 Å². The van der Waals surface area contributed by atoms with E-state index in [1.54, 1.807) is 0 Å². The second-order valence-electron chi connectivity index (χ2n) is 6.25. The molecular weight excluding hydrogens is 422 g/mol. The van der Waals surface area contributed by atoms with Crippen LogP contribution in [-0.4, -0.2) is 38.7 Å². The molecule has 11 heteroatoms. The minimum Gasteiger partial charge on any atom is -0.495 e. The van der Waals surface area contributed by atoms with Crippen molar-refractivity contribution in [2.45, 2.75) is 19.9 Å². The van der Waals surface area contributed by atoms with Crippen LogP contribution in [0.2, 0.25) is 5.02 Å². The highest BCUT2D eigenvalue weighted by molar-refractivity contribution is 7.92. The van der Waals surface area contributed by atoms with E-state index in [1.165, 1.54) is 57.4 Å². The van der Waals surface area contributed by atoms with Gasteiger partial charge < -0.3 is 10.1 Å². The molecule has 0 aliphatic rings. The van der Waals surface area contributed by atoms with Gasteiger partial charge in [0.2, 0.25) is 15.9 Å². The lowest BCUT2D eigenvalue weighted by Crippen LogP contribution is -2.45. The van der Waals surface area contributed by atoms with Crippen LogP contribution in [0.5, 0.6) is 5.75 Å². The standard InChI is InChI=1S/C18H20ClN3O6S/c1-11-15(6-5-7-16(11)22(24)25)20-18(23)12(2)21(29(4,26)27)13-8-9-17(28-3)14(19)10-13/h5-10,12H,1-4H3,(H,20,23)/t12-/m1/s1. The first-order valence-electron chi connectivity index (χ1n) is 8.35. The van der Waals surface area contributed by atoms with Gasteiger partial charge in [0, 0.05) is 6.07 Å². The molecule has 0 radical (unpaired) electrons. The van der Waals surface area contributed by atoms with E-state index in [-0.39, 0.29) is 27.6 Å². The molecule has 0 unspecified atom stereocenters. The fraction of sp³-hybridized carbons (Fsp3) is 0.278. The van der Waals surface area contributed by atoms with Crippen molar-refractivity contribution in [1.29, 1.82) is 0 Å². The SMILES string of the molecule is COc1ccc(N([C@H](C)C(=O)Nc2cccc([N+](=O)[O-])c2C)S(C)(=O)=O)cc1Cl.